The molecule has 0 saturated carbocycles. The van der Waals surface area contributed by atoms with Crippen LogP contribution in [0.25, 0.3) is 5.69 Å². The predicted octanol–water partition coefficient (Wildman–Crippen LogP) is 1.08. The van der Waals surface area contributed by atoms with Crippen molar-refractivity contribution >= 4 is 17.5 Å². The number of methoxy groups -OCH3 is 1. The highest BCUT2D eigenvalue weighted by Crippen LogP contribution is 2.19. The Labute approximate surface area is 120 Å². The Kier molecular flexibility index (Phi) is 4.65. The summed E-state index contributed by atoms with van der Waals surface area (Å²) in [5.41, 5.74) is 0.953. The highest BCUT2D eigenvalue weighted by atomic mass is 35.5. The van der Waals surface area contributed by atoms with E-state index in [4.69, 9.17) is 16.3 Å². The van der Waals surface area contributed by atoms with E-state index in [9.17, 15) is 4.79 Å². The van der Waals surface area contributed by atoms with Crippen LogP contribution < -0.4 is 5.32 Å². The molecule has 0 aliphatic carbocycles. The van der Waals surface area contributed by atoms with E-state index in [0.717, 1.165) is 0 Å². The number of halogens is 1. The van der Waals surface area contributed by atoms with Gasteiger partial charge in [0.1, 0.15) is 6.33 Å². The lowest BCUT2D eigenvalue weighted by Crippen LogP contribution is -2.36. The van der Waals surface area contributed by atoms with Crippen LogP contribution in [0.3, 0.4) is 0 Å². The third-order valence-electron chi connectivity index (χ3n) is 2.59. The first kappa shape index (κ1) is 14.4. The fourth-order valence-electron chi connectivity index (χ4n) is 1.75. The van der Waals surface area contributed by atoms with Gasteiger partial charge in [-0.25, -0.2) is 0 Å². The zero-order valence-corrected chi connectivity index (χ0v) is 11.8. The number of ether oxygens (including phenoxy) is 1. The molecule has 8 heteroatoms. The number of nitrogens with one attached hydrogen (secondary N) is 1. The fourth-order valence-corrected chi connectivity index (χ4v) is 1.93. The van der Waals surface area contributed by atoms with Gasteiger partial charge in [-0.15, -0.1) is 5.10 Å². The van der Waals surface area contributed by atoms with Crippen molar-refractivity contribution in [1.82, 2.24) is 25.5 Å². The molecule has 0 saturated heterocycles. The third kappa shape index (κ3) is 3.31. The predicted molar refractivity (Wildman–Crippen MR) is 73.0 cm³/mol. The van der Waals surface area contributed by atoms with Crippen LogP contribution in [-0.4, -0.2) is 45.9 Å². The zero-order valence-electron chi connectivity index (χ0n) is 11.1. The number of amides is 1. The largest absolute Gasteiger partial charge is 0.383 e. The van der Waals surface area contributed by atoms with Gasteiger partial charge in [0, 0.05) is 18.2 Å². The number of aromatic nitrogens is 4. The van der Waals surface area contributed by atoms with Crippen molar-refractivity contribution in [1.29, 1.82) is 0 Å². The maximum atomic E-state index is 12.3. The number of nitrogens with zero attached hydrogens (tertiary/aromatic N) is 4. The summed E-state index contributed by atoms with van der Waals surface area (Å²) in [5.74, 6) is -0.262. The summed E-state index contributed by atoms with van der Waals surface area (Å²) in [6, 6.07) is 4.82. The molecule has 0 spiro atoms. The quantitative estimate of drug-likeness (QED) is 0.892. The average molecular weight is 296 g/mol. The lowest BCUT2D eigenvalue weighted by molar-refractivity contribution is 0.0905. The number of carbonyl (C=O) groups excluding carboxylic acids is 1. The minimum absolute atomic E-state index is 0.117. The standard InChI is InChI=1S/C12H14ClN5O2/c1-8(6-20-2)15-12(19)10-5-9(13)3-4-11(10)18-7-14-16-17-18/h3-5,7-8H,6H2,1-2H3,(H,15,19)/t8-/m0/s1. The first-order valence-corrected chi connectivity index (χ1v) is 6.32. The first-order chi connectivity index (χ1) is 9.61. The summed E-state index contributed by atoms with van der Waals surface area (Å²) < 4.78 is 6.40. The Morgan fingerprint density at radius 3 is 3.00 bits per heavy atom. The molecule has 1 amide bonds. The van der Waals surface area contributed by atoms with Crippen molar-refractivity contribution in [3.63, 3.8) is 0 Å². The van der Waals surface area contributed by atoms with Crippen LogP contribution >= 0.6 is 11.6 Å². The van der Waals surface area contributed by atoms with E-state index < -0.39 is 0 Å². The molecule has 0 unspecified atom stereocenters. The van der Waals surface area contributed by atoms with Crippen molar-refractivity contribution in [2.24, 2.45) is 0 Å². The molecule has 7 nitrogen and oxygen atoms in total. The van der Waals surface area contributed by atoms with Gasteiger partial charge in [0.15, 0.2) is 0 Å². The zero-order chi connectivity index (χ0) is 14.5. The van der Waals surface area contributed by atoms with E-state index >= 15 is 0 Å². The van der Waals surface area contributed by atoms with E-state index in [1.807, 2.05) is 6.92 Å². The van der Waals surface area contributed by atoms with Gasteiger partial charge in [0.25, 0.3) is 5.91 Å². The van der Waals surface area contributed by atoms with Gasteiger partial charge in [-0.05, 0) is 35.5 Å². The molecule has 0 aliphatic heterocycles. The van der Waals surface area contributed by atoms with E-state index in [0.29, 0.717) is 22.9 Å². The lowest BCUT2D eigenvalue weighted by atomic mass is 10.1. The molecule has 20 heavy (non-hydrogen) atoms. The van der Waals surface area contributed by atoms with Crippen molar-refractivity contribution in [3.05, 3.63) is 35.1 Å². The number of tetrazole rings is 1. The molecule has 1 heterocycles. The van der Waals surface area contributed by atoms with Crippen LogP contribution in [0.1, 0.15) is 17.3 Å². The van der Waals surface area contributed by atoms with E-state index in [2.05, 4.69) is 20.8 Å². The molecule has 0 aliphatic rings. The molecule has 0 radical (unpaired) electrons. The van der Waals surface area contributed by atoms with Crippen molar-refractivity contribution in [2.45, 2.75) is 13.0 Å². The van der Waals surface area contributed by atoms with E-state index in [1.165, 1.54) is 11.0 Å². The van der Waals surface area contributed by atoms with Gasteiger partial charge in [-0.3, -0.25) is 4.79 Å². The summed E-state index contributed by atoms with van der Waals surface area (Å²) in [4.78, 5) is 12.3. The maximum absolute atomic E-state index is 12.3. The Morgan fingerprint density at radius 1 is 1.55 bits per heavy atom. The Bertz CT molecular complexity index is 588. The third-order valence-corrected chi connectivity index (χ3v) is 2.83. The first-order valence-electron chi connectivity index (χ1n) is 5.94. The van der Waals surface area contributed by atoms with Crippen molar-refractivity contribution in [3.8, 4) is 5.69 Å². The van der Waals surface area contributed by atoms with Gasteiger partial charge in [-0.1, -0.05) is 11.6 Å². The minimum atomic E-state index is -0.262. The highest BCUT2D eigenvalue weighted by Gasteiger charge is 2.16. The van der Waals surface area contributed by atoms with Gasteiger partial charge in [0.2, 0.25) is 0 Å². The lowest BCUT2D eigenvalue weighted by Gasteiger charge is -2.14. The average Bonchev–Trinajstić information content (AvgIpc) is 2.92. The van der Waals surface area contributed by atoms with Crippen LogP contribution in [0, 0.1) is 0 Å². The van der Waals surface area contributed by atoms with Crippen LogP contribution in [0.5, 0.6) is 0 Å². The summed E-state index contributed by atoms with van der Waals surface area (Å²) in [7, 11) is 1.58. The number of hydrogen-bond acceptors (Lipinski definition) is 5. The second kappa shape index (κ2) is 6.44. The molecular weight excluding hydrogens is 282 g/mol. The summed E-state index contributed by atoms with van der Waals surface area (Å²) in [6.07, 6.45) is 1.42. The van der Waals surface area contributed by atoms with Crippen molar-refractivity contribution < 1.29 is 9.53 Å². The number of rotatable bonds is 5. The summed E-state index contributed by atoms with van der Waals surface area (Å²) in [6.45, 7) is 2.27. The van der Waals surface area contributed by atoms with Gasteiger partial charge in [-0.2, -0.15) is 4.68 Å². The monoisotopic (exact) mass is 295 g/mol. The minimum Gasteiger partial charge on any atom is -0.383 e. The normalized spacial score (nSPS) is 12.2. The molecule has 1 atom stereocenters. The van der Waals surface area contributed by atoms with E-state index in [-0.39, 0.29) is 11.9 Å². The Morgan fingerprint density at radius 2 is 2.35 bits per heavy atom. The molecule has 0 bridgehead atoms. The number of benzene rings is 1. The van der Waals surface area contributed by atoms with Crippen LogP contribution in [-0.2, 0) is 4.74 Å². The Hall–Kier alpha value is -1.99. The van der Waals surface area contributed by atoms with E-state index in [1.54, 1.807) is 25.3 Å². The molecule has 1 aromatic carbocycles. The number of carbonyl (C=O) groups is 1. The van der Waals surface area contributed by atoms with Crippen LogP contribution in [0.2, 0.25) is 5.02 Å². The molecule has 2 aromatic rings. The number of hydrogen-bond donors (Lipinski definition) is 1. The maximum Gasteiger partial charge on any atom is 0.253 e. The second-order valence-corrected chi connectivity index (χ2v) is 4.68. The fraction of sp³-hybridized carbons (Fsp3) is 0.333. The molecule has 2 rings (SSSR count). The SMILES string of the molecule is COC[C@H](C)NC(=O)c1cc(Cl)ccc1-n1cnnn1. The van der Waals surface area contributed by atoms with Gasteiger partial charge < -0.3 is 10.1 Å². The molecule has 1 aromatic heterocycles. The molecule has 106 valence electrons. The molecule has 0 fully saturated rings. The van der Waals surface area contributed by atoms with Gasteiger partial charge >= 0.3 is 0 Å². The molecule has 1 N–H and O–H groups in total. The van der Waals surface area contributed by atoms with Crippen molar-refractivity contribution in [2.75, 3.05) is 13.7 Å². The Balaban J connectivity index is 2.30. The second-order valence-electron chi connectivity index (χ2n) is 4.25. The van der Waals surface area contributed by atoms with Crippen LogP contribution in [0.4, 0.5) is 0 Å². The smallest absolute Gasteiger partial charge is 0.253 e. The summed E-state index contributed by atoms with van der Waals surface area (Å²) >= 11 is 5.95. The van der Waals surface area contributed by atoms with Gasteiger partial charge in [0.05, 0.1) is 17.9 Å². The molecular formula is C12H14ClN5O2. The summed E-state index contributed by atoms with van der Waals surface area (Å²) in [5, 5.41) is 14.2. The highest BCUT2D eigenvalue weighted by molar-refractivity contribution is 6.31. The van der Waals surface area contributed by atoms with Crippen LogP contribution in [0.15, 0.2) is 24.5 Å². The topological polar surface area (TPSA) is 81.9 Å².